The summed E-state index contributed by atoms with van der Waals surface area (Å²) in [6.45, 7) is 5.01. The van der Waals surface area contributed by atoms with Crippen LogP contribution >= 0.6 is 0 Å². The van der Waals surface area contributed by atoms with Crippen molar-refractivity contribution in [2.24, 2.45) is 17.8 Å². The number of hydrogen-bond acceptors (Lipinski definition) is 3. The number of benzene rings is 1. The van der Waals surface area contributed by atoms with E-state index in [1.165, 1.54) is 12.1 Å². The van der Waals surface area contributed by atoms with E-state index >= 15 is 0 Å². The van der Waals surface area contributed by atoms with Crippen LogP contribution in [0.3, 0.4) is 0 Å². The van der Waals surface area contributed by atoms with Gasteiger partial charge in [0.2, 0.25) is 0 Å². The van der Waals surface area contributed by atoms with Gasteiger partial charge >= 0.3 is 6.18 Å². The fourth-order valence-electron chi connectivity index (χ4n) is 4.33. The van der Waals surface area contributed by atoms with Gasteiger partial charge in [0, 0.05) is 44.3 Å². The normalized spacial score (nSPS) is 30.0. The molecule has 2 saturated heterocycles. The summed E-state index contributed by atoms with van der Waals surface area (Å²) in [5, 5.41) is 2.81. The zero-order chi connectivity index (χ0) is 17.8. The molecule has 1 saturated carbocycles. The van der Waals surface area contributed by atoms with Gasteiger partial charge in [-0.15, -0.1) is 0 Å². The van der Waals surface area contributed by atoms with Crippen LogP contribution < -0.4 is 5.32 Å². The van der Waals surface area contributed by atoms with Crippen LogP contribution in [0.25, 0.3) is 0 Å². The number of nitrogens with zero attached hydrogens (tertiary/aromatic N) is 2. The molecule has 1 aromatic rings. The predicted octanol–water partition coefficient (Wildman–Crippen LogP) is 1.93. The van der Waals surface area contributed by atoms with Crippen LogP contribution in [0.4, 0.5) is 13.2 Å². The quantitative estimate of drug-likeness (QED) is 0.899. The van der Waals surface area contributed by atoms with E-state index in [2.05, 4.69) is 22.2 Å². The minimum Gasteiger partial charge on any atom is -0.352 e. The summed E-state index contributed by atoms with van der Waals surface area (Å²) in [6, 6.07) is 5.27. The number of halogens is 3. The number of amides is 1. The molecule has 3 fully saturated rings. The first-order valence-electron chi connectivity index (χ1n) is 8.71. The molecule has 0 aromatic heterocycles. The molecule has 4 rings (SSSR count). The molecule has 0 spiro atoms. The lowest BCUT2D eigenvalue weighted by Crippen LogP contribution is -2.57. The molecule has 0 bridgehead atoms. The van der Waals surface area contributed by atoms with Crippen molar-refractivity contribution >= 4 is 5.91 Å². The predicted molar refractivity (Wildman–Crippen MR) is 87.1 cm³/mol. The molecule has 1 amide bonds. The minimum absolute atomic E-state index is 0.0692. The number of hydrogen-bond donors (Lipinski definition) is 1. The van der Waals surface area contributed by atoms with Gasteiger partial charge in [-0.05, 0) is 43.0 Å². The largest absolute Gasteiger partial charge is 0.416 e. The van der Waals surface area contributed by atoms with Crippen molar-refractivity contribution in [3.8, 4) is 0 Å². The molecule has 2 heterocycles. The van der Waals surface area contributed by atoms with Crippen molar-refractivity contribution in [2.75, 3.05) is 39.8 Å². The fraction of sp³-hybridized carbons (Fsp3) is 0.611. The molecule has 4 nitrogen and oxygen atoms in total. The second kappa shape index (κ2) is 5.99. The van der Waals surface area contributed by atoms with Crippen molar-refractivity contribution in [2.45, 2.75) is 12.2 Å². The van der Waals surface area contributed by atoms with Gasteiger partial charge in [-0.3, -0.25) is 9.69 Å². The van der Waals surface area contributed by atoms with Crippen LogP contribution in [0.1, 0.15) is 15.9 Å². The van der Waals surface area contributed by atoms with Gasteiger partial charge in [0.25, 0.3) is 5.91 Å². The highest BCUT2D eigenvalue weighted by Crippen LogP contribution is 2.52. The third-order valence-corrected chi connectivity index (χ3v) is 5.91. The SMILES string of the molecule is CN1CC(N2CC3C(CNC(=O)c4cccc(C(F)(F)F)c4)C3C2)C1. The van der Waals surface area contributed by atoms with E-state index in [-0.39, 0.29) is 5.56 Å². The van der Waals surface area contributed by atoms with Gasteiger partial charge < -0.3 is 10.2 Å². The van der Waals surface area contributed by atoms with Gasteiger partial charge in [-0.25, -0.2) is 0 Å². The summed E-state index contributed by atoms with van der Waals surface area (Å²) in [5.74, 6) is 1.32. The first-order chi connectivity index (χ1) is 11.8. The number of likely N-dealkylation sites (tertiary alicyclic amines) is 2. The number of rotatable bonds is 4. The number of likely N-dealkylation sites (N-methyl/N-ethyl adjacent to an activating group) is 1. The Kier molecular flexibility index (Phi) is 4.03. The standard InChI is InChI=1S/C18H22F3N3O/c1-23-7-13(8-23)24-9-15-14(16(15)10-24)6-22-17(25)11-3-2-4-12(5-11)18(19,20)21/h2-5,13-16H,6-10H2,1H3,(H,22,25). The first-order valence-corrected chi connectivity index (χ1v) is 8.71. The monoisotopic (exact) mass is 353 g/mol. The molecule has 1 N–H and O–H groups in total. The number of nitrogens with one attached hydrogen (secondary N) is 1. The lowest BCUT2D eigenvalue weighted by Gasteiger charge is -2.42. The smallest absolute Gasteiger partial charge is 0.352 e. The Morgan fingerprint density at radius 1 is 1.20 bits per heavy atom. The highest BCUT2D eigenvalue weighted by atomic mass is 19.4. The zero-order valence-corrected chi connectivity index (χ0v) is 14.1. The van der Waals surface area contributed by atoms with Crippen LogP contribution in [0.2, 0.25) is 0 Å². The van der Waals surface area contributed by atoms with E-state index in [1.807, 2.05) is 0 Å². The highest BCUT2D eigenvalue weighted by Gasteiger charge is 2.56. The van der Waals surface area contributed by atoms with Crippen molar-refractivity contribution < 1.29 is 18.0 Å². The number of alkyl halides is 3. The summed E-state index contributed by atoms with van der Waals surface area (Å²) in [5.41, 5.74) is -0.718. The molecule has 3 aliphatic rings. The molecule has 7 heteroatoms. The lowest BCUT2D eigenvalue weighted by atomic mass is 10.1. The minimum atomic E-state index is -4.43. The molecule has 2 unspecified atom stereocenters. The Morgan fingerprint density at radius 3 is 2.48 bits per heavy atom. The van der Waals surface area contributed by atoms with Crippen LogP contribution in [-0.4, -0.2) is 61.5 Å². The molecule has 0 radical (unpaired) electrons. The maximum atomic E-state index is 12.7. The van der Waals surface area contributed by atoms with Gasteiger partial charge in [-0.1, -0.05) is 6.07 Å². The number of carbonyl (C=O) groups is 1. The van der Waals surface area contributed by atoms with Crippen molar-refractivity contribution in [3.63, 3.8) is 0 Å². The second-order valence-corrected chi connectivity index (χ2v) is 7.61. The Labute approximate surface area is 145 Å². The van der Waals surface area contributed by atoms with Gasteiger partial charge in [0.1, 0.15) is 0 Å². The third-order valence-electron chi connectivity index (χ3n) is 5.91. The van der Waals surface area contributed by atoms with Crippen LogP contribution in [-0.2, 0) is 6.18 Å². The summed E-state index contributed by atoms with van der Waals surface area (Å²) in [7, 11) is 2.12. The third kappa shape index (κ3) is 3.27. The summed E-state index contributed by atoms with van der Waals surface area (Å²) in [4.78, 5) is 17.0. The van der Waals surface area contributed by atoms with E-state index in [0.29, 0.717) is 30.3 Å². The van der Waals surface area contributed by atoms with Gasteiger partial charge in [0.05, 0.1) is 5.56 Å². The average molecular weight is 353 g/mol. The Bertz CT molecular complexity index is 660. The number of carbonyl (C=O) groups excluding carboxylic acids is 1. The average Bonchev–Trinajstić information content (AvgIpc) is 2.99. The molecule has 136 valence electrons. The molecule has 1 aromatic carbocycles. The van der Waals surface area contributed by atoms with Gasteiger partial charge in [0.15, 0.2) is 0 Å². The molecular formula is C18H22F3N3O. The molecule has 2 atom stereocenters. The van der Waals surface area contributed by atoms with E-state index in [4.69, 9.17) is 0 Å². The first kappa shape index (κ1) is 16.8. The maximum absolute atomic E-state index is 12.7. The number of piperidine rings is 1. The Morgan fingerprint density at radius 2 is 1.88 bits per heavy atom. The topological polar surface area (TPSA) is 35.6 Å². The molecule has 25 heavy (non-hydrogen) atoms. The molecular weight excluding hydrogens is 331 g/mol. The van der Waals surface area contributed by atoms with Gasteiger partial charge in [-0.2, -0.15) is 13.2 Å². The Balaban J connectivity index is 1.26. The van der Waals surface area contributed by atoms with Crippen LogP contribution in [0.5, 0.6) is 0 Å². The lowest BCUT2D eigenvalue weighted by molar-refractivity contribution is -0.137. The number of fused-ring (bicyclic) bond motifs is 1. The van der Waals surface area contributed by atoms with Crippen LogP contribution in [0.15, 0.2) is 24.3 Å². The Hall–Kier alpha value is -1.60. The van der Waals surface area contributed by atoms with E-state index in [9.17, 15) is 18.0 Å². The van der Waals surface area contributed by atoms with E-state index in [1.54, 1.807) is 0 Å². The molecule has 2 aliphatic heterocycles. The van der Waals surface area contributed by atoms with E-state index < -0.39 is 17.6 Å². The van der Waals surface area contributed by atoms with Crippen molar-refractivity contribution in [1.29, 1.82) is 0 Å². The summed E-state index contributed by atoms with van der Waals surface area (Å²) >= 11 is 0. The van der Waals surface area contributed by atoms with Crippen LogP contribution in [0, 0.1) is 17.8 Å². The fourth-order valence-corrected chi connectivity index (χ4v) is 4.33. The second-order valence-electron chi connectivity index (χ2n) is 7.61. The zero-order valence-electron chi connectivity index (χ0n) is 14.1. The summed E-state index contributed by atoms with van der Waals surface area (Å²) < 4.78 is 38.2. The maximum Gasteiger partial charge on any atom is 0.416 e. The highest BCUT2D eigenvalue weighted by molar-refractivity contribution is 5.94. The molecule has 1 aliphatic carbocycles. The summed E-state index contributed by atoms with van der Waals surface area (Å²) in [6.07, 6.45) is -4.43. The van der Waals surface area contributed by atoms with Crippen molar-refractivity contribution in [1.82, 2.24) is 15.1 Å². The van der Waals surface area contributed by atoms with E-state index in [0.717, 1.165) is 38.3 Å². The van der Waals surface area contributed by atoms with Crippen molar-refractivity contribution in [3.05, 3.63) is 35.4 Å².